The first-order valence-electron chi connectivity index (χ1n) is 5.82. The molecule has 0 unspecified atom stereocenters. The van der Waals surface area contributed by atoms with Gasteiger partial charge in [0.1, 0.15) is 11.6 Å². The summed E-state index contributed by atoms with van der Waals surface area (Å²) < 4.78 is 27.9. The van der Waals surface area contributed by atoms with Crippen molar-refractivity contribution in [2.45, 2.75) is 38.0 Å². The third-order valence-electron chi connectivity index (χ3n) is 3.78. The topological polar surface area (TPSA) is 26.0 Å². The summed E-state index contributed by atoms with van der Waals surface area (Å²) in [6, 6.07) is 2.89. The zero-order valence-electron chi connectivity index (χ0n) is 9.52. The summed E-state index contributed by atoms with van der Waals surface area (Å²) in [6.45, 7) is 2.20. The van der Waals surface area contributed by atoms with Crippen molar-refractivity contribution in [2.75, 3.05) is 6.54 Å². The average molecular weight is 225 g/mol. The van der Waals surface area contributed by atoms with E-state index in [9.17, 15) is 8.78 Å². The van der Waals surface area contributed by atoms with E-state index < -0.39 is 11.2 Å². The quantitative estimate of drug-likeness (QED) is 0.841. The lowest BCUT2D eigenvalue weighted by atomic mass is 9.64. The lowest BCUT2D eigenvalue weighted by molar-refractivity contribution is 0.235. The van der Waals surface area contributed by atoms with Gasteiger partial charge in [0, 0.05) is 17.5 Å². The highest BCUT2D eigenvalue weighted by Gasteiger charge is 2.41. The minimum Gasteiger partial charge on any atom is -0.330 e. The molecule has 1 aliphatic carbocycles. The average Bonchev–Trinajstić information content (AvgIpc) is 2.22. The van der Waals surface area contributed by atoms with Crippen LogP contribution in [0.5, 0.6) is 0 Å². The number of hydrogen-bond acceptors (Lipinski definition) is 1. The predicted molar refractivity (Wildman–Crippen MR) is 60.3 cm³/mol. The van der Waals surface area contributed by atoms with Crippen LogP contribution in [-0.2, 0) is 11.8 Å². The van der Waals surface area contributed by atoms with Gasteiger partial charge in [-0.3, -0.25) is 0 Å². The van der Waals surface area contributed by atoms with E-state index in [1.54, 1.807) is 0 Å². The normalized spacial score (nSPS) is 18.2. The van der Waals surface area contributed by atoms with E-state index in [-0.39, 0.29) is 11.4 Å². The fourth-order valence-corrected chi connectivity index (χ4v) is 2.51. The highest BCUT2D eigenvalue weighted by molar-refractivity contribution is 5.36. The molecule has 88 valence electrons. The molecule has 0 aromatic heterocycles. The summed E-state index contributed by atoms with van der Waals surface area (Å²) in [5.41, 5.74) is 6.05. The molecule has 1 aromatic carbocycles. The van der Waals surface area contributed by atoms with E-state index >= 15 is 0 Å². The number of aryl methyl sites for hydroxylation is 1. The summed E-state index contributed by atoms with van der Waals surface area (Å²) in [5.74, 6) is -0.826. The molecule has 3 heteroatoms. The summed E-state index contributed by atoms with van der Waals surface area (Å²) in [4.78, 5) is 0. The highest BCUT2D eigenvalue weighted by Crippen LogP contribution is 2.45. The second-order valence-corrected chi connectivity index (χ2v) is 4.59. The van der Waals surface area contributed by atoms with Crippen LogP contribution in [0.25, 0.3) is 0 Å². The molecule has 2 N–H and O–H groups in total. The van der Waals surface area contributed by atoms with Crippen LogP contribution >= 0.6 is 0 Å². The molecule has 0 spiro atoms. The predicted octanol–water partition coefficient (Wildman–Crippen LogP) is 2.91. The molecule has 0 amide bonds. The Balaban J connectivity index is 2.54. The molecule has 1 aliphatic rings. The maximum atomic E-state index is 14.1. The van der Waals surface area contributed by atoms with Crippen LogP contribution in [0.3, 0.4) is 0 Å². The molecule has 0 atom stereocenters. The third kappa shape index (κ3) is 1.54. The van der Waals surface area contributed by atoms with Crippen molar-refractivity contribution < 1.29 is 8.78 Å². The van der Waals surface area contributed by atoms with Gasteiger partial charge in [0.25, 0.3) is 0 Å². The van der Waals surface area contributed by atoms with Crippen molar-refractivity contribution in [2.24, 2.45) is 5.73 Å². The Hall–Kier alpha value is -0.960. The van der Waals surface area contributed by atoms with Gasteiger partial charge in [0.2, 0.25) is 0 Å². The molecule has 1 aromatic rings. The van der Waals surface area contributed by atoms with Crippen molar-refractivity contribution in [3.8, 4) is 0 Å². The Morgan fingerprint density at radius 2 is 2.00 bits per heavy atom. The third-order valence-corrected chi connectivity index (χ3v) is 3.78. The van der Waals surface area contributed by atoms with Gasteiger partial charge in [-0.15, -0.1) is 0 Å². The molecular formula is C13H17F2N. The van der Waals surface area contributed by atoms with E-state index in [1.165, 1.54) is 12.1 Å². The zero-order chi connectivity index (χ0) is 11.8. The van der Waals surface area contributed by atoms with Crippen LogP contribution in [0.1, 0.15) is 37.3 Å². The van der Waals surface area contributed by atoms with Gasteiger partial charge in [-0.1, -0.05) is 19.4 Å². The second-order valence-electron chi connectivity index (χ2n) is 4.59. The molecule has 0 aliphatic heterocycles. The lowest BCUT2D eigenvalue weighted by Gasteiger charge is -2.42. The van der Waals surface area contributed by atoms with Gasteiger partial charge in [-0.2, -0.15) is 0 Å². The van der Waals surface area contributed by atoms with Crippen molar-refractivity contribution in [3.05, 3.63) is 34.9 Å². The van der Waals surface area contributed by atoms with Crippen LogP contribution in [0, 0.1) is 11.6 Å². The van der Waals surface area contributed by atoms with Crippen molar-refractivity contribution in [1.82, 2.24) is 0 Å². The molecule has 1 saturated carbocycles. The van der Waals surface area contributed by atoms with Gasteiger partial charge < -0.3 is 5.73 Å². The monoisotopic (exact) mass is 225 g/mol. The Bertz CT molecular complexity index is 392. The number of nitrogens with two attached hydrogens (primary N) is 1. The zero-order valence-corrected chi connectivity index (χ0v) is 9.52. The van der Waals surface area contributed by atoms with E-state index in [0.29, 0.717) is 18.5 Å². The van der Waals surface area contributed by atoms with Crippen molar-refractivity contribution >= 4 is 0 Å². The summed E-state index contributed by atoms with van der Waals surface area (Å²) in [5, 5.41) is 0. The van der Waals surface area contributed by atoms with Crippen LogP contribution in [0.15, 0.2) is 12.1 Å². The van der Waals surface area contributed by atoms with Crippen molar-refractivity contribution in [1.29, 1.82) is 0 Å². The minimum atomic E-state index is -0.445. The van der Waals surface area contributed by atoms with Gasteiger partial charge in [-0.25, -0.2) is 8.78 Å². The number of hydrogen-bond donors (Lipinski definition) is 1. The Morgan fingerprint density at radius 1 is 1.31 bits per heavy atom. The van der Waals surface area contributed by atoms with Gasteiger partial charge in [0.15, 0.2) is 0 Å². The summed E-state index contributed by atoms with van der Waals surface area (Å²) in [6.07, 6.45) is 3.18. The fourth-order valence-electron chi connectivity index (χ4n) is 2.51. The maximum absolute atomic E-state index is 14.1. The number of rotatable bonds is 3. The standard InChI is InChI=1S/C13H17F2N/c1-2-9-4-5-10(14)11(12(9)15)13(8-16)6-3-7-13/h4-5H,2-3,6-8,16H2,1H3. The first-order valence-corrected chi connectivity index (χ1v) is 5.82. The Kier molecular flexibility index (Phi) is 2.98. The minimum absolute atomic E-state index is 0.223. The molecule has 16 heavy (non-hydrogen) atoms. The fraction of sp³-hybridized carbons (Fsp3) is 0.538. The molecular weight excluding hydrogens is 208 g/mol. The molecule has 0 bridgehead atoms. The Labute approximate surface area is 94.7 Å². The van der Waals surface area contributed by atoms with Gasteiger partial charge >= 0.3 is 0 Å². The Morgan fingerprint density at radius 3 is 2.44 bits per heavy atom. The lowest BCUT2D eigenvalue weighted by Crippen LogP contribution is -2.43. The van der Waals surface area contributed by atoms with E-state index in [2.05, 4.69) is 0 Å². The molecule has 1 nitrogen and oxygen atoms in total. The summed E-state index contributed by atoms with van der Waals surface area (Å²) in [7, 11) is 0. The van der Waals surface area contributed by atoms with Crippen molar-refractivity contribution in [3.63, 3.8) is 0 Å². The summed E-state index contributed by atoms with van der Waals surface area (Å²) >= 11 is 0. The molecule has 0 heterocycles. The second kappa shape index (κ2) is 4.13. The van der Waals surface area contributed by atoms with Crippen LogP contribution in [0.2, 0.25) is 0 Å². The largest absolute Gasteiger partial charge is 0.330 e. The molecule has 1 fully saturated rings. The maximum Gasteiger partial charge on any atom is 0.133 e. The first-order chi connectivity index (χ1) is 7.64. The smallest absolute Gasteiger partial charge is 0.133 e. The first kappa shape index (κ1) is 11.5. The van der Waals surface area contributed by atoms with Crippen LogP contribution in [-0.4, -0.2) is 6.54 Å². The van der Waals surface area contributed by atoms with Gasteiger partial charge in [0.05, 0.1) is 0 Å². The van der Waals surface area contributed by atoms with Crippen LogP contribution in [0.4, 0.5) is 8.78 Å². The van der Waals surface area contributed by atoms with E-state index in [0.717, 1.165) is 19.3 Å². The van der Waals surface area contributed by atoms with E-state index in [1.807, 2.05) is 6.92 Å². The highest BCUT2D eigenvalue weighted by atomic mass is 19.1. The number of benzene rings is 1. The molecule has 0 radical (unpaired) electrons. The molecule has 0 saturated heterocycles. The molecule has 2 rings (SSSR count). The van der Waals surface area contributed by atoms with E-state index in [4.69, 9.17) is 5.73 Å². The number of halogens is 2. The van der Waals surface area contributed by atoms with Gasteiger partial charge in [-0.05, 0) is 30.9 Å². The van der Waals surface area contributed by atoms with Crippen LogP contribution < -0.4 is 5.73 Å². The SMILES string of the molecule is CCc1ccc(F)c(C2(CN)CCC2)c1F.